The maximum Gasteiger partial charge on any atom is 0.387 e. The first-order valence-corrected chi connectivity index (χ1v) is 9.36. The lowest BCUT2D eigenvalue weighted by Gasteiger charge is -2.16. The second-order valence-electron chi connectivity index (χ2n) is 6.03. The number of guanidine groups is 1. The van der Waals surface area contributed by atoms with Gasteiger partial charge in [0.1, 0.15) is 5.75 Å². The Balaban J connectivity index is 0.00000480. The molecule has 2 rings (SSSR count). The van der Waals surface area contributed by atoms with Crippen LogP contribution in [0.15, 0.2) is 41.4 Å². The fraction of sp³-hybridized carbons (Fsp3) is 0.381. The van der Waals surface area contributed by atoms with Crippen LogP contribution < -0.4 is 29.6 Å². The van der Waals surface area contributed by atoms with Crippen molar-refractivity contribution in [3.8, 4) is 23.0 Å². The van der Waals surface area contributed by atoms with Crippen molar-refractivity contribution in [3.63, 3.8) is 0 Å². The fourth-order valence-electron chi connectivity index (χ4n) is 2.83. The van der Waals surface area contributed by atoms with Crippen molar-refractivity contribution in [1.82, 2.24) is 10.6 Å². The highest BCUT2D eigenvalue weighted by Gasteiger charge is 2.16. The first-order valence-electron chi connectivity index (χ1n) is 9.36. The molecule has 0 saturated heterocycles. The van der Waals surface area contributed by atoms with E-state index in [1.165, 1.54) is 13.2 Å². The number of hydrogen-bond donors (Lipinski definition) is 2. The van der Waals surface area contributed by atoms with E-state index in [0.717, 1.165) is 5.56 Å². The Morgan fingerprint density at radius 2 is 1.61 bits per heavy atom. The van der Waals surface area contributed by atoms with Gasteiger partial charge in [0, 0.05) is 24.2 Å². The van der Waals surface area contributed by atoms with Crippen LogP contribution in [0.3, 0.4) is 0 Å². The highest BCUT2D eigenvalue weighted by atomic mass is 127. The van der Waals surface area contributed by atoms with Crippen LogP contribution in [0.2, 0.25) is 0 Å². The van der Waals surface area contributed by atoms with Gasteiger partial charge in [0.2, 0.25) is 5.75 Å². The molecule has 0 heterocycles. The van der Waals surface area contributed by atoms with Crippen LogP contribution in [0.25, 0.3) is 0 Å². The van der Waals surface area contributed by atoms with Crippen molar-refractivity contribution in [2.24, 2.45) is 4.99 Å². The number of nitrogens with one attached hydrogen (secondary N) is 2. The largest absolute Gasteiger partial charge is 0.493 e. The van der Waals surface area contributed by atoms with Gasteiger partial charge in [-0.25, -0.2) is 4.99 Å². The highest BCUT2D eigenvalue weighted by Crippen LogP contribution is 2.39. The zero-order valence-corrected chi connectivity index (χ0v) is 20.2. The molecular formula is C21H28F2IN3O4. The van der Waals surface area contributed by atoms with Gasteiger partial charge in [-0.3, -0.25) is 0 Å². The fourth-order valence-corrected chi connectivity index (χ4v) is 2.83. The number of ether oxygens (including phenoxy) is 4. The zero-order valence-electron chi connectivity index (χ0n) is 17.9. The van der Waals surface area contributed by atoms with Gasteiger partial charge in [0.15, 0.2) is 17.5 Å². The maximum atomic E-state index is 12.6. The lowest BCUT2D eigenvalue weighted by Crippen LogP contribution is -2.36. The molecule has 0 amide bonds. The molecule has 0 spiro atoms. The van der Waals surface area contributed by atoms with Crippen LogP contribution in [0.1, 0.15) is 18.1 Å². The van der Waals surface area contributed by atoms with Crippen LogP contribution >= 0.6 is 24.0 Å². The average Bonchev–Trinajstić information content (AvgIpc) is 2.75. The predicted molar refractivity (Wildman–Crippen MR) is 126 cm³/mol. The van der Waals surface area contributed by atoms with Gasteiger partial charge in [0.25, 0.3) is 0 Å². The number of hydrogen-bond acceptors (Lipinski definition) is 5. The van der Waals surface area contributed by atoms with Gasteiger partial charge in [-0.1, -0.05) is 18.2 Å². The van der Waals surface area contributed by atoms with Crippen LogP contribution in [0.4, 0.5) is 8.78 Å². The summed E-state index contributed by atoms with van der Waals surface area (Å²) >= 11 is 0. The SMILES string of the molecule is CCNC(=NCc1ccc(OC)c(OC)c1OC)NCc1ccccc1OC(F)F.I. The Bertz CT molecular complexity index is 853. The van der Waals surface area contributed by atoms with E-state index in [-0.39, 0.29) is 36.3 Å². The number of aliphatic imine (C=N–C) groups is 1. The summed E-state index contributed by atoms with van der Waals surface area (Å²) in [6.07, 6.45) is 0. The molecule has 0 aliphatic rings. The van der Waals surface area contributed by atoms with Gasteiger partial charge in [-0.2, -0.15) is 8.78 Å². The second-order valence-corrected chi connectivity index (χ2v) is 6.03. The van der Waals surface area contributed by atoms with Crippen molar-refractivity contribution in [2.45, 2.75) is 26.6 Å². The van der Waals surface area contributed by atoms with E-state index in [0.29, 0.717) is 41.9 Å². The van der Waals surface area contributed by atoms with Crippen LogP contribution in [0, 0.1) is 0 Å². The molecule has 2 aromatic carbocycles. The third-order valence-electron chi connectivity index (χ3n) is 4.17. The molecule has 0 aliphatic carbocycles. The maximum absolute atomic E-state index is 12.6. The summed E-state index contributed by atoms with van der Waals surface area (Å²) in [4.78, 5) is 4.56. The summed E-state index contributed by atoms with van der Waals surface area (Å²) in [5.74, 6) is 2.22. The smallest absolute Gasteiger partial charge is 0.387 e. The molecule has 0 unspecified atom stereocenters. The summed E-state index contributed by atoms with van der Waals surface area (Å²) in [5, 5.41) is 6.25. The van der Waals surface area contributed by atoms with Crippen LogP contribution in [0.5, 0.6) is 23.0 Å². The molecule has 0 aromatic heterocycles. The normalized spacial score (nSPS) is 10.9. The molecule has 0 bridgehead atoms. The quantitative estimate of drug-likeness (QED) is 0.262. The summed E-state index contributed by atoms with van der Waals surface area (Å²) in [6.45, 7) is 0.239. The summed E-state index contributed by atoms with van der Waals surface area (Å²) in [6, 6.07) is 10.2. The Hall–Kier alpha value is -2.50. The summed E-state index contributed by atoms with van der Waals surface area (Å²) in [5.41, 5.74) is 1.39. The van der Waals surface area contributed by atoms with Crippen molar-refractivity contribution in [1.29, 1.82) is 0 Å². The van der Waals surface area contributed by atoms with Crippen molar-refractivity contribution < 1.29 is 27.7 Å². The topological polar surface area (TPSA) is 73.3 Å². The van der Waals surface area contributed by atoms with E-state index in [1.807, 2.05) is 13.0 Å². The van der Waals surface area contributed by atoms with E-state index in [1.54, 1.807) is 38.5 Å². The van der Waals surface area contributed by atoms with E-state index >= 15 is 0 Å². The third kappa shape index (κ3) is 7.60. The molecule has 0 radical (unpaired) electrons. The lowest BCUT2D eigenvalue weighted by molar-refractivity contribution is -0.0504. The minimum Gasteiger partial charge on any atom is -0.493 e. The molecule has 2 aromatic rings. The van der Waals surface area contributed by atoms with Gasteiger partial charge in [0.05, 0.1) is 27.9 Å². The molecular weight excluding hydrogens is 523 g/mol. The molecule has 0 saturated carbocycles. The summed E-state index contributed by atoms with van der Waals surface area (Å²) in [7, 11) is 4.64. The van der Waals surface area contributed by atoms with Crippen molar-refractivity contribution in [2.75, 3.05) is 27.9 Å². The van der Waals surface area contributed by atoms with Gasteiger partial charge in [-0.15, -0.1) is 24.0 Å². The van der Waals surface area contributed by atoms with Gasteiger partial charge in [-0.05, 0) is 25.1 Å². The minimum absolute atomic E-state index is 0. The number of rotatable bonds is 10. The summed E-state index contributed by atoms with van der Waals surface area (Å²) < 4.78 is 46.0. The molecule has 2 N–H and O–H groups in total. The predicted octanol–water partition coefficient (Wildman–Crippen LogP) is 4.19. The standard InChI is InChI=1S/C21H27F2N3O4.HI/c1-5-24-21(25-12-14-8-6-7-9-16(14)30-20(22)23)26-13-15-10-11-17(27-2)19(29-4)18(15)28-3;/h6-11,20H,5,12-13H2,1-4H3,(H2,24,25,26);1H. The molecule has 7 nitrogen and oxygen atoms in total. The Kier molecular flexibility index (Phi) is 11.8. The molecule has 10 heteroatoms. The number of nitrogens with zero attached hydrogens (tertiary/aromatic N) is 1. The zero-order chi connectivity index (χ0) is 21.9. The van der Waals surface area contributed by atoms with Crippen LogP contribution in [-0.4, -0.2) is 40.4 Å². The number of halogens is 3. The Labute approximate surface area is 198 Å². The lowest BCUT2D eigenvalue weighted by atomic mass is 10.1. The van der Waals surface area contributed by atoms with Crippen molar-refractivity contribution >= 4 is 29.9 Å². The molecule has 0 fully saturated rings. The minimum atomic E-state index is -2.88. The van der Waals surface area contributed by atoms with E-state index < -0.39 is 6.61 Å². The van der Waals surface area contributed by atoms with Gasteiger partial charge >= 0.3 is 6.61 Å². The monoisotopic (exact) mass is 551 g/mol. The third-order valence-corrected chi connectivity index (χ3v) is 4.17. The molecule has 31 heavy (non-hydrogen) atoms. The average molecular weight is 551 g/mol. The Morgan fingerprint density at radius 1 is 0.903 bits per heavy atom. The first-order chi connectivity index (χ1) is 14.5. The molecule has 0 aliphatic heterocycles. The first kappa shape index (κ1) is 26.5. The number of methoxy groups -OCH3 is 3. The number of alkyl halides is 2. The number of benzene rings is 2. The van der Waals surface area contributed by atoms with Gasteiger partial charge < -0.3 is 29.6 Å². The van der Waals surface area contributed by atoms with E-state index in [4.69, 9.17) is 14.2 Å². The molecule has 172 valence electrons. The highest BCUT2D eigenvalue weighted by molar-refractivity contribution is 14.0. The van der Waals surface area contributed by atoms with Crippen molar-refractivity contribution in [3.05, 3.63) is 47.5 Å². The van der Waals surface area contributed by atoms with E-state index in [9.17, 15) is 8.78 Å². The number of para-hydroxylation sites is 1. The Morgan fingerprint density at radius 3 is 2.23 bits per heavy atom. The second kappa shape index (κ2) is 13.7. The van der Waals surface area contributed by atoms with Crippen LogP contribution in [-0.2, 0) is 13.1 Å². The molecule has 0 atom stereocenters. The van der Waals surface area contributed by atoms with E-state index in [2.05, 4.69) is 20.4 Å².